The molecule has 0 atom stereocenters. The van der Waals surface area contributed by atoms with Gasteiger partial charge in [0.2, 0.25) is 10.0 Å². The summed E-state index contributed by atoms with van der Waals surface area (Å²) >= 11 is 0. The number of nitrogens with zero attached hydrogens (tertiary/aromatic N) is 3. The molecule has 0 spiro atoms. The molecule has 19 heavy (non-hydrogen) atoms. The number of rotatable bonds is 3. The smallest absolute Gasteiger partial charge is 0.211 e. The fourth-order valence-corrected chi connectivity index (χ4v) is 3.10. The fourth-order valence-electron chi connectivity index (χ4n) is 2.27. The number of hydrogen-bond donors (Lipinski definition) is 1. The first-order valence-corrected chi connectivity index (χ1v) is 8.03. The minimum atomic E-state index is -3.10. The van der Waals surface area contributed by atoms with Crippen molar-refractivity contribution in [1.29, 1.82) is 0 Å². The van der Waals surface area contributed by atoms with Crippen LogP contribution in [-0.2, 0) is 16.6 Å². The molecule has 6 nitrogen and oxygen atoms in total. The second-order valence-corrected chi connectivity index (χ2v) is 6.77. The van der Waals surface area contributed by atoms with E-state index in [-0.39, 0.29) is 6.61 Å². The molecule has 7 heteroatoms. The van der Waals surface area contributed by atoms with Gasteiger partial charge in [0.05, 0.1) is 12.9 Å². The van der Waals surface area contributed by atoms with E-state index < -0.39 is 10.0 Å². The summed E-state index contributed by atoms with van der Waals surface area (Å²) in [5.41, 5.74) is 1.79. The van der Waals surface area contributed by atoms with Crippen LogP contribution in [0.3, 0.4) is 0 Å². The lowest BCUT2D eigenvalue weighted by Gasteiger charge is -2.34. The average Bonchev–Trinajstić information content (AvgIpc) is 2.37. The summed E-state index contributed by atoms with van der Waals surface area (Å²) in [6.45, 7) is 4.18. The van der Waals surface area contributed by atoms with Gasteiger partial charge in [-0.2, -0.15) is 4.31 Å². The number of aryl methyl sites for hydroxylation is 1. The van der Waals surface area contributed by atoms with Crippen LogP contribution in [0, 0.1) is 6.92 Å². The zero-order valence-electron chi connectivity index (χ0n) is 11.2. The van der Waals surface area contributed by atoms with Crippen LogP contribution >= 0.6 is 0 Å². The van der Waals surface area contributed by atoms with E-state index >= 15 is 0 Å². The van der Waals surface area contributed by atoms with Crippen molar-refractivity contribution in [3.63, 3.8) is 0 Å². The number of aliphatic hydroxyl groups excluding tert-OH is 1. The van der Waals surface area contributed by atoms with E-state index in [1.807, 2.05) is 13.0 Å². The van der Waals surface area contributed by atoms with Gasteiger partial charge < -0.3 is 10.0 Å². The second-order valence-electron chi connectivity index (χ2n) is 4.79. The van der Waals surface area contributed by atoms with Crippen LogP contribution < -0.4 is 4.90 Å². The Balaban J connectivity index is 2.10. The maximum absolute atomic E-state index is 11.4. The lowest BCUT2D eigenvalue weighted by atomic mass is 10.2. The largest absolute Gasteiger partial charge is 0.392 e. The third-order valence-electron chi connectivity index (χ3n) is 3.30. The minimum Gasteiger partial charge on any atom is -0.392 e. The van der Waals surface area contributed by atoms with Gasteiger partial charge in [-0.3, -0.25) is 0 Å². The molecule has 0 amide bonds. The molecule has 1 saturated heterocycles. The van der Waals surface area contributed by atoms with Crippen molar-refractivity contribution in [3.05, 3.63) is 23.4 Å². The van der Waals surface area contributed by atoms with Crippen molar-refractivity contribution in [2.45, 2.75) is 13.5 Å². The maximum atomic E-state index is 11.4. The second kappa shape index (κ2) is 5.44. The van der Waals surface area contributed by atoms with Crippen molar-refractivity contribution >= 4 is 15.8 Å². The number of aliphatic hydroxyl groups is 1. The predicted molar refractivity (Wildman–Crippen MR) is 73.5 cm³/mol. The van der Waals surface area contributed by atoms with Crippen molar-refractivity contribution in [3.8, 4) is 0 Å². The van der Waals surface area contributed by atoms with Crippen molar-refractivity contribution in [1.82, 2.24) is 9.29 Å². The Hall–Kier alpha value is -1.18. The molecule has 1 aromatic rings. The van der Waals surface area contributed by atoms with E-state index in [4.69, 9.17) is 5.11 Å². The van der Waals surface area contributed by atoms with Crippen LogP contribution in [0.5, 0.6) is 0 Å². The molecule has 0 aromatic carbocycles. The molecule has 1 aliphatic rings. The van der Waals surface area contributed by atoms with Gasteiger partial charge in [-0.1, -0.05) is 0 Å². The standard InChI is InChI=1S/C12H19N3O3S/c1-10-7-11(9-16)8-13-12(10)14-3-5-15(6-4-14)19(2,17)18/h7-8,16H,3-6,9H2,1-2H3. The molecule has 1 aliphatic heterocycles. The maximum Gasteiger partial charge on any atom is 0.211 e. The third-order valence-corrected chi connectivity index (χ3v) is 4.60. The van der Waals surface area contributed by atoms with Crippen molar-refractivity contribution in [2.75, 3.05) is 37.3 Å². The number of sulfonamides is 1. The highest BCUT2D eigenvalue weighted by molar-refractivity contribution is 7.88. The van der Waals surface area contributed by atoms with E-state index in [1.165, 1.54) is 10.6 Å². The van der Waals surface area contributed by atoms with Gasteiger partial charge in [-0.05, 0) is 24.1 Å². The summed E-state index contributed by atoms with van der Waals surface area (Å²) in [4.78, 5) is 6.44. The molecule has 2 rings (SSSR count). The molecule has 0 unspecified atom stereocenters. The summed E-state index contributed by atoms with van der Waals surface area (Å²) in [6, 6.07) is 1.91. The Kier molecular flexibility index (Phi) is 4.07. The monoisotopic (exact) mass is 285 g/mol. The number of piperazine rings is 1. The van der Waals surface area contributed by atoms with Crippen molar-refractivity contribution in [2.24, 2.45) is 0 Å². The van der Waals surface area contributed by atoms with Crippen LogP contribution in [0.1, 0.15) is 11.1 Å². The van der Waals surface area contributed by atoms with Crippen LogP contribution in [-0.4, -0.2) is 55.2 Å². The van der Waals surface area contributed by atoms with Gasteiger partial charge >= 0.3 is 0 Å². The molecule has 2 heterocycles. The quantitative estimate of drug-likeness (QED) is 0.844. The third kappa shape index (κ3) is 3.23. The number of hydrogen-bond acceptors (Lipinski definition) is 5. The molecule has 0 radical (unpaired) electrons. The van der Waals surface area contributed by atoms with Gasteiger partial charge in [0.25, 0.3) is 0 Å². The number of aromatic nitrogens is 1. The number of anilines is 1. The summed E-state index contributed by atoms with van der Waals surface area (Å²) in [6.07, 6.45) is 2.90. The van der Waals surface area contributed by atoms with E-state index in [0.29, 0.717) is 26.2 Å². The molecule has 1 aromatic heterocycles. The van der Waals surface area contributed by atoms with E-state index in [9.17, 15) is 8.42 Å². The molecule has 0 saturated carbocycles. The normalized spacial score (nSPS) is 17.7. The summed E-state index contributed by atoms with van der Waals surface area (Å²) in [5, 5.41) is 9.06. The first-order valence-electron chi connectivity index (χ1n) is 6.18. The first-order chi connectivity index (χ1) is 8.91. The van der Waals surface area contributed by atoms with Crippen LogP contribution in [0.25, 0.3) is 0 Å². The summed E-state index contributed by atoms with van der Waals surface area (Å²) < 4.78 is 24.4. The average molecular weight is 285 g/mol. The Labute approximate surface area is 113 Å². The summed E-state index contributed by atoms with van der Waals surface area (Å²) in [5.74, 6) is 0.866. The number of pyridine rings is 1. The predicted octanol–water partition coefficient (Wildman–Crippen LogP) is -0.0361. The summed E-state index contributed by atoms with van der Waals surface area (Å²) in [7, 11) is -3.10. The van der Waals surface area contributed by atoms with Gasteiger partial charge in [0.15, 0.2) is 0 Å². The Bertz CT molecular complexity index is 551. The lowest BCUT2D eigenvalue weighted by molar-refractivity contribution is 0.281. The van der Waals surface area contributed by atoms with Crippen LogP contribution in [0.15, 0.2) is 12.3 Å². The van der Waals surface area contributed by atoms with E-state index in [1.54, 1.807) is 6.20 Å². The zero-order valence-corrected chi connectivity index (χ0v) is 12.0. The molecule has 1 N–H and O–H groups in total. The lowest BCUT2D eigenvalue weighted by Crippen LogP contribution is -2.48. The highest BCUT2D eigenvalue weighted by Gasteiger charge is 2.24. The fraction of sp³-hybridized carbons (Fsp3) is 0.583. The van der Waals surface area contributed by atoms with Crippen LogP contribution in [0.2, 0.25) is 0 Å². The Morgan fingerprint density at radius 1 is 1.32 bits per heavy atom. The van der Waals surface area contributed by atoms with Gasteiger partial charge in [-0.25, -0.2) is 13.4 Å². The highest BCUT2D eigenvalue weighted by atomic mass is 32.2. The molecule has 1 fully saturated rings. The molecule has 106 valence electrons. The topological polar surface area (TPSA) is 73.7 Å². The Morgan fingerprint density at radius 3 is 2.42 bits per heavy atom. The van der Waals surface area contributed by atoms with Gasteiger partial charge in [-0.15, -0.1) is 0 Å². The minimum absolute atomic E-state index is 0.0179. The van der Waals surface area contributed by atoms with Gasteiger partial charge in [0, 0.05) is 32.4 Å². The Morgan fingerprint density at radius 2 is 1.95 bits per heavy atom. The molecule has 0 aliphatic carbocycles. The SMILES string of the molecule is Cc1cc(CO)cnc1N1CCN(S(C)(=O)=O)CC1. The zero-order chi connectivity index (χ0) is 14.0. The molecular weight excluding hydrogens is 266 g/mol. The van der Waals surface area contributed by atoms with Crippen molar-refractivity contribution < 1.29 is 13.5 Å². The van der Waals surface area contributed by atoms with E-state index in [2.05, 4.69) is 9.88 Å². The molecular formula is C12H19N3O3S. The highest BCUT2D eigenvalue weighted by Crippen LogP contribution is 2.20. The first kappa shape index (κ1) is 14.2. The van der Waals surface area contributed by atoms with Crippen LogP contribution in [0.4, 0.5) is 5.82 Å². The van der Waals surface area contributed by atoms with Gasteiger partial charge in [0.1, 0.15) is 5.82 Å². The molecule has 0 bridgehead atoms. The van der Waals surface area contributed by atoms with E-state index in [0.717, 1.165) is 16.9 Å².